The molecule has 0 aromatic carbocycles. The largest absolute Gasteiger partial charge is 0.312 e. The van der Waals surface area contributed by atoms with Gasteiger partial charge in [-0.05, 0) is 45.2 Å². The summed E-state index contributed by atoms with van der Waals surface area (Å²) in [5.74, 6) is 0.962. The number of nitrogens with zero attached hydrogens (tertiary/aromatic N) is 2. The van der Waals surface area contributed by atoms with Crippen LogP contribution in [0.5, 0.6) is 0 Å². The van der Waals surface area contributed by atoms with Gasteiger partial charge in [0.15, 0.2) is 0 Å². The summed E-state index contributed by atoms with van der Waals surface area (Å²) >= 11 is 0. The highest BCUT2D eigenvalue weighted by Gasteiger charge is 2.34. The Balaban J connectivity index is 1.93. The molecule has 1 saturated heterocycles. The van der Waals surface area contributed by atoms with E-state index in [0.717, 1.165) is 18.0 Å². The van der Waals surface area contributed by atoms with Gasteiger partial charge in [0.25, 0.3) is 0 Å². The van der Waals surface area contributed by atoms with Gasteiger partial charge >= 0.3 is 0 Å². The highest BCUT2D eigenvalue weighted by molar-refractivity contribution is 4.92. The van der Waals surface area contributed by atoms with Gasteiger partial charge in [0.1, 0.15) is 0 Å². The van der Waals surface area contributed by atoms with Crippen molar-refractivity contribution >= 4 is 0 Å². The Morgan fingerprint density at radius 1 is 1.05 bits per heavy atom. The van der Waals surface area contributed by atoms with Crippen molar-refractivity contribution in [1.29, 1.82) is 0 Å². The Hall–Kier alpha value is -0.120. The molecule has 1 N–H and O–H groups in total. The zero-order chi connectivity index (χ0) is 13.7. The molecule has 3 atom stereocenters. The molecule has 1 heterocycles. The predicted octanol–water partition coefficient (Wildman–Crippen LogP) is 2.18. The van der Waals surface area contributed by atoms with Crippen molar-refractivity contribution in [2.45, 2.75) is 58.0 Å². The number of hydrogen-bond donors (Lipinski definition) is 1. The lowest BCUT2D eigenvalue weighted by atomic mass is 9.80. The molecule has 0 spiro atoms. The molecule has 3 nitrogen and oxygen atoms in total. The summed E-state index contributed by atoms with van der Waals surface area (Å²) in [5, 5.41) is 3.82. The average Bonchev–Trinajstić information content (AvgIpc) is 2.46. The summed E-state index contributed by atoms with van der Waals surface area (Å²) < 4.78 is 0. The molecule has 1 aliphatic heterocycles. The van der Waals surface area contributed by atoms with Crippen LogP contribution in [0.3, 0.4) is 0 Å². The second kappa shape index (κ2) is 7.61. The van der Waals surface area contributed by atoms with Gasteiger partial charge in [0.05, 0.1) is 0 Å². The van der Waals surface area contributed by atoms with E-state index < -0.39 is 0 Å². The SMILES string of the molecule is CCCNC1CCC(CC)CC1N1CCN(C)CC1. The van der Waals surface area contributed by atoms with Crippen LogP contribution in [0.4, 0.5) is 0 Å². The van der Waals surface area contributed by atoms with Crippen molar-refractivity contribution in [1.82, 2.24) is 15.1 Å². The molecular weight excluding hydrogens is 234 g/mol. The Kier molecular flexibility index (Phi) is 6.11. The monoisotopic (exact) mass is 267 g/mol. The van der Waals surface area contributed by atoms with Crippen LogP contribution in [0.1, 0.15) is 46.0 Å². The first-order valence-electron chi connectivity index (χ1n) is 8.40. The maximum atomic E-state index is 3.82. The second-order valence-corrected chi connectivity index (χ2v) is 6.55. The summed E-state index contributed by atoms with van der Waals surface area (Å²) in [4.78, 5) is 5.24. The summed E-state index contributed by atoms with van der Waals surface area (Å²) in [6, 6.07) is 1.53. The highest BCUT2D eigenvalue weighted by Crippen LogP contribution is 2.30. The minimum Gasteiger partial charge on any atom is -0.312 e. The third-order valence-corrected chi connectivity index (χ3v) is 5.17. The summed E-state index contributed by atoms with van der Waals surface area (Å²) in [6.45, 7) is 10.8. The first kappa shape index (κ1) is 15.3. The fraction of sp³-hybridized carbons (Fsp3) is 1.00. The molecule has 3 heteroatoms. The van der Waals surface area contributed by atoms with E-state index in [1.54, 1.807) is 0 Å². The van der Waals surface area contributed by atoms with Crippen LogP contribution < -0.4 is 5.32 Å². The summed E-state index contributed by atoms with van der Waals surface area (Å²) in [5.41, 5.74) is 0. The fourth-order valence-corrected chi connectivity index (χ4v) is 3.73. The van der Waals surface area contributed by atoms with Crippen molar-refractivity contribution in [3.8, 4) is 0 Å². The van der Waals surface area contributed by atoms with E-state index in [1.807, 2.05) is 0 Å². The normalized spacial score (nSPS) is 34.6. The van der Waals surface area contributed by atoms with Gasteiger partial charge < -0.3 is 10.2 Å². The minimum absolute atomic E-state index is 0.742. The van der Waals surface area contributed by atoms with Crippen molar-refractivity contribution < 1.29 is 0 Å². The quantitative estimate of drug-likeness (QED) is 0.824. The molecule has 3 unspecified atom stereocenters. The minimum atomic E-state index is 0.742. The number of piperazine rings is 1. The first-order chi connectivity index (χ1) is 9.24. The molecule has 0 aromatic rings. The van der Waals surface area contributed by atoms with Crippen LogP contribution in [-0.4, -0.2) is 61.7 Å². The highest BCUT2D eigenvalue weighted by atomic mass is 15.3. The van der Waals surface area contributed by atoms with Crippen LogP contribution in [-0.2, 0) is 0 Å². The van der Waals surface area contributed by atoms with E-state index in [4.69, 9.17) is 0 Å². The van der Waals surface area contributed by atoms with Crippen molar-refractivity contribution in [3.63, 3.8) is 0 Å². The number of hydrogen-bond acceptors (Lipinski definition) is 3. The maximum absolute atomic E-state index is 3.82. The van der Waals surface area contributed by atoms with Gasteiger partial charge in [-0.1, -0.05) is 20.3 Å². The van der Waals surface area contributed by atoms with Crippen LogP contribution in [0.15, 0.2) is 0 Å². The van der Waals surface area contributed by atoms with Crippen molar-refractivity contribution in [2.75, 3.05) is 39.8 Å². The molecule has 2 rings (SSSR count). The number of nitrogens with one attached hydrogen (secondary N) is 1. The van der Waals surface area contributed by atoms with E-state index in [0.29, 0.717) is 0 Å². The van der Waals surface area contributed by atoms with Crippen LogP contribution in [0.25, 0.3) is 0 Å². The summed E-state index contributed by atoms with van der Waals surface area (Å²) in [7, 11) is 2.25. The molecular formula is C16H33N3. The first-order valence-corrected chi connectivity index (χ1v) is 8.40. The molecule has 1 saturated carbocycles. The fourth-order valence-electron chi connectivity index (χ4n) is 3.73. The Labute approximate surface area is 119 Å². The maximum Gasteiger partial charge on any atom is 0.0253 e. The second-order valence-electron chi connectivity index (χ2n) is 6.55. The smallest absolute Gasteiger partial charge is 0.0253 e. The molecule has 2 fully saturated rings. The zero-order valence-electron chi connectivity index (χ0n) is 13.2. The zero-order valence-corrected chi connectivity index (χ0v) is 13.2. The van der Waals surface area contributed by atoms with Gasteiger partial charge in [-0.15, -0.1) is 0 Å². The van der Waals surface area contributed by atoms with E-state index >= 15 is 0 Å². The van der Waals surface area contributed by atoms with Gasteiger partial charge in [0.2, 0.25) is 0 Å². The third kappa shape index (κ3) is 4.17. The topological polar surface area (TPSA) is 18.5 Å². The molecule has 0 bridgehead atoms. The average molecular weight is 267 g/mol. The standard InChI is InChI=1S/C16H33N3/c1-4-8-17-15-7-6-14(5-2)13-16(15)19-11-9-18(3)10-12-19/h14-17H,4-13H2,1-3H3. The van der Waals surface area contributed by atoms with E-state index in [1.165, 1.54) is 64.8 Å². The Morgan fingerprint density at radius 3 is 2.42 bits per heavy atom. The molecule has 19 heavy (non-hydrogen) atoms. The lowest BCUT2D eigenvalue weighted by Gasteiger charge is -2.46. The molecule has 112 valence electrons. The van der Waals surface area contributed by atoms with Gasteiger partial charge in [0, 0.05) is 38.3 Å². The Morgan fingerprint density at radius 2 is 1.79 bits per heavy atom. The molecule has 1 aliphatic carbocycles. The summed E-state index contributed by atoms with van der Waals surface area (Å²) in [6.07, 6.45) is 6.85. The van der Waals surface area contributed by atoms with Gasteiger partial charge in [-0.25, -0.2) is 0 Å². The number of likely N-dealkylation sites (N-methyl/N-ethyl adjacent to an activating group) is 1. The molecule has 0 amide bonds. The van der Waals surface area contributed by atoms with Crippen LogP contribution in [0.2, 0.25) is 0 Å². The van der Waals surface area contributed by atoms with E-state index in [2.05, 4.69) is 36.0 Å². The van der Waals surface area contributed by atoms with Gasteiger partial charge in [-0.3, -0.25) is 4.90 Å². The lowest BCUT2D eigenvalue weighted by molar-refractivity contribution is 0.0551. The Bertz CT molecular complexity index is 244. The molecule has 2 aliphatic rings. The van der Waals surface area contributed by atoms with Crippen molar-refractivity contribution in [3.05, 3.63) is 0 Å². The molecule has 0 radical (unpaired) electrons. The lowest BCUT2D eigenvalue weighted by Crippen LogP contribution is -2.58. The van der Waals surface area contributed by atoms with Crippen LogP contribution >= 0.6 is 0 Å². The number of rotatable bonds is 5. The molecule has 0 aromatic heterocycles. The predicted molar refractivity (Wildman–Crippen MR) is 82.6 cm³/mol. The third-order valence-electron chi connectivity index (χ3n) is 5.17. The van der Waals surface area contributed by atoms with Crippen molar-refractivity contribution in [2.24, 2.45) is 5.92 Å². The van der Waals surface area contributed by atoms with Gasteiger partial charge in [-0.2, -0.15) is 0 Å². The van der Waals surface area contributed by atoms with E-state index in [9.17, 15) is 0 Å². The van der Waals surface area contributed by atoms with Crippen LogP contribution in [0, 0.1) is 5.92 Å². The van der Waals surface area contributed by atoms with E-state index in [-0.39, 0.29) is 0 Å².